The molecule has 0 heterocycles. The van der Waals surface area contributed by atoms with E-state index in [2.05, 4.69) is 5.32 Å². The highest BCUT2D eigenvalue weighted by molar-refractivity contribution is 5.78. The molecule has 0 radical (unpaired) electrons. The molecule has 0 bridgehead atoms. The smallest absolute Gasteiger partial charge is 0.327 e. The van der Waals surface area contributed by atoms with E-state index in [4.69, 9.17) is 4.74 Å². The summed E-state index contributed by atoms with van der Waals surface area (Å²) in [7, 11) is 0. The molecule has 0 saturated carbocycles. The van der Waals surface area contributed by atoms with Crippen LogP contribution in [0.2, 0.25) is 0 Å². The number of halogens is 1. The summed E-state index contributed by atoms with van der Waals surface area (Å²) in [6.07, 6.45) is 0. The van der Waals surface area contributed by atoms with Crippen molar-refractivity contribution in [2.75, 3.05) is 6.61 Å². The van der Waals surface area contributed by atoms with E-state index in [-0.39, 0.29) is 18.5 Å². The van der Waals surface area contributed by atoms with Crippen molar-refractivity contribution in [2.24, 2.45) is 0 Å². The van der Waals surface area contributed by atoms with Crippen LogP contribution in [0.1, 0.15) is 26.3 Å². The van der Waals surface area contributed by atoms with Crippen LogP contribution in [0.25, 0.3) is 0 Å². The lowest BCUT2D eigenvalue weighted by Gasteiger charge is -2.28. The predicted octanol–water partition coefficient (Wildman–Crippen LogP) is 2.35. The number of benzene rings is 1. The number of aryl methyl sites for hydroxylation is 1. The van der Waals surface area contributed by atoms with Crippen molar-refractivity contribution < 1.29 is 19.0 Å². The Kier molecular flexibility index (Phi) is 4.89. The number of ether oxygens (including phenoxy) is 1. The van der Waals surface area contributed by atoms with E-state index in [0.29, 0.717) is 11.3 Å². The maximum Gasteiger partial charge on any atom is 0.327 e. The molecule has 1 unspecified atom stereocenters. The van der Waals surface area contributed by atoms with Gasteiger partial charge < -0.3 is 9.84 Å². The second kappa shape index (κ2) is 6.02. The van der Waals surface area contributed by atoms with E-state index in [1.54, 1.807) is 13.8 Å². The Morgan fingerprint density at radius 3 is 2.63 bits per heavy atom. The lowest BCUT2D eigenvalue weighted by atomic mass is 10.0. The maximum atomic E-state index is 13.0. The van der Waals surface area contributed by atoms with Gasteiger partial charge in [0.2, 0.25) is 0 Å². The fourth-order valence-electron chi connectivity index (χ4n) is 1.80. The lowest BCUT2D eigenvalue weighted by molar-refractivity contribution is -0.145. The van der Waals surface area contributed by atoms with Gasteiger partial charge in [-0.1, -0.05) is 0 Å². The van der Waals surface area contributed by atoms with Crippen LogP contribution in [-0.4, -0.2) is 29.3 Å². The number of hydrogen-bond donors (Lipinski definition) is 2. The summed E-state index contributed by atoms with van der Waals surface area (Å²) in [6, 6.07) is 4.15. The van der Waals surface area contributed by atoms with Gasteiger partial charge in [-0.05, 0) is 51.5 Å². The average Bonchev–Trinajstić information content (AvgIpc) is 2.26. The minimum Gasteiger partial charge on any atom is -0.491 e. The van der Waals surface area contributed by atoms with E-state index >= 15 is 0 Å². The molecule has 0 aliphatic carbocycles. The maximum absolute atomic E-state index is 13.0. The molecule has 4 nitrogen and oxygen atoms in total. The van der Waals surface area contributed by atoms with Gasteiger partial charge >= 0.3 is 5.97 Å². The van der Waals surface area contributed by atoms with Gasteiger partial charge in [0.1, 0.15) is 23.7 Å². The first-order chi connectivity index (χ1) is 8.74. The number of hydrogen-bond acceptors (Lipinski definition) is 3. The highest BCUT2D eigenvalue weighted by atomic mass is 19.1. The Balaban J connectivity index is 2.79. The molecule has 0 spiro atoms. The summed E-state index contributed by atoms with van der Waals surface area (Å²) < 4.78 is 18.5. The van der Waals surface area contributed by atoms with Crippen molar-refractivity contribution in [3.8, 4) is 5.75 Å². The normalized spacial score (nSPS) is 14.2. The SMILES string of the molecule is Cc1cc(F)ccc1OCC(C)(NC(C)C)C(=O)O. The summed E-state index contributed by atoms with van der Waals surface area (Å²) in [6.45, 7) is 6.97. The predicted molar refractivity (Wildman–Crippen MR) is 70.9 cm³/mol. The van der Waals surface area contributed by atoms with Crippen LogP contribution in [0.15, 0.2) is 18.2 Å². The topological polar surface area (TPSA) is 58.6 Å². The van der Waals surface area contributed by atoms with Gasteiger partial charge in [0.25, 0.3) is 0 Å². The van der Waals surface area contributed by atoms with E-state index in [1.165, 1.54) is 18.2 Å². The molecule has 1 aromatic carbocycles. The van der Waals surface area contributed by atoms with E-state index in [9.17, 15) is 14.3 Å². The van der Waals surface area contributed by atoms with Gasteiger partial charge in [0.05, 0.1) is 0 Å². The van der Waals surface area contributed by atoms with Crippen molar-refractivity contribution in [2.45, 2.75) is 39.3 Å². The molecule has 5 heteroatoms. The molecule has 0 amide bonds. The Labute approximate surface area is 112 Å². The third-order valence-electron chi connectivity index (χ3n) is 2.73. The standard InChI is InChI=1S/C14H20FNO3/c1-9(2)16-14(4,13(17)18)8-19-12-6-5-11(15)7-10(12)3/h5-7,9,16H,8H2,1-4H3,(H,17,18). The monoisotopic (exact) mass is 269 g/mol. The zero-order valence-electron chi connectivity index (χ0n) is 11.7. The van der Waals surface area contributed by atoms with Crippen molar-refractivity contribution in [3.63, 3.8) is 0 Å². The molecule has 0 aliphatic rings. The van der Waals surface area contributed by atoms with Gasteiger partial charge in [-0.2, -0.15) is 0 Å². The summed E-state index contributed by atoms with van der Waals surface area (Å²) in [5.74, 6) is -0.841. The van der Waals surface area contributed by atoms with Crippen LogP contribution in [-0.2, 0) is 4.79 Å². The summed E-state index contributed by atoms with van der Waals surface area (Å²) >= 11 is 0. The van der Waals surface area contributed by atoms with Crippen LogP contribution in [0, 0.1) is 12.7 Å². The zero-order valence-corrected chi connectivity index (χ0v) is 11.7. The third-order valence-corrected chi connectivity index (χ3v) is 2.73. The summed E-state index contributed by atoms with van der Waals surface area (Å²) in [4.78, 5) is 11.3. The van der Waals surface area contributed by atoms with Gasteiger partial charge in [0, 0.05) is 6.04 Å². The number of carboxylic acid groups (broad SMARTS) is 1. The minimum absolute atomic E-state index is 0.0130. The fraction of sp³-hybridized carbons (Fsp3) is 0.500. The number of carbonyl (C=O) groups is 1. The molecular weight excluding hydrogens is 249 g/mol. The number of nitrogens with one attached hydrogen (secondary N) is 1. The number of carboxylic acids is 1. The highest BCUT2D eigenvalue weighted by Crippen LogP contribution is 2.20. The molecule has 1 aromatic rings. The van der Waals surface area contributed by atoms with Crippen molar-refractivity contribution in [1.29, 1.82) is 0 Å². The van der Waals surface area contributed by atoms with Gasteiger partial charge in [-0.15, -0.1) is 0 Å². The fourth-order valence-corrected chi connectivity index (χ4v) is 1.80. The Hall–Kier alpha value is -1.62. The first kappa shape index (κ1) is 15.4. The Bertz CT molecular complexity index is 462. The quantitative estimate of drug-likeness (QED) is 0.832. The van der Waals surface area contributed by atoms with Crippen LogP contribution in [0.4, 0.5) is 4.39 Å². The van der Waals surface area contributed by atoms with Gasteiger partial charge in [-0.3, -0.25) is 10.1 Å². The van der Waals surface area contributed by atoms with Crippen LogP contribution < -0.4 is 10.1 Å². The van der Waals surface area contributed by atoms with Gasteiger partial charge in [0.15, 0.2) is 0 Å². The van der Waals surface area contributed by atoms with Crippen LogP contribution in [0.3, 0.4) is 0 Å². The van der Waals surface area contributed by atoms with Gasteiger partial charge in [-0.25, -0.2) is 4.39 Å². The number of rotatable bonds is 6. The Morgan fingerprint density at radius 2 is 2.16 bits per heavy atom. The summed E-state index contributed by atoms with van der Waals surface area (Å²) in [5.41, 5.74) is -0.549. The van der Waals surface area contributed by atoms with Crippen molar-refractivity contribution in [3.05, 3.63) is 29.6 Å². The summed E-state index contributed by atoms with van der Waals surface area (Å²) in [5, 5.41) is 12.2. The van der Waals surface area contributed by atoms with Crippen molar-refractivity contribution in [1.82, 2.24) is 5.32 Å². The minimum atomic E-state index is -1.19. The molecular formula is C14H20FNO3. The first-order valence-electron chi connectivity index (χ1n) is 6.14. The molecule has 106 valence electrons. The average molecular weight is 269 g/mol. The zero-order chi connectivity index (χ0) is 14.6. The second-order valence-electron chi connectivity index (χ2n) is 5.13. The molecule has 19 heavy (non-hydrogen) atoms. The second-order valence-corrected chi connectivity index (χ2v) is 5.13. The molecule has 2 N–H and O–H groups in total. The lowest BCUT2D eigenvalue weighted by Crippen LogP contribution is -2.56. The molecule has 0 aromatic heterocycles. The van der Waals surface area contributed by atoms with Crippen molar-refractivity contribution >= 4 is 5.97 Å². The molecule has 0 saturated heterocycles. The molecule has 1 atom stereocenters. The Morgan fingerprint density at radius 1 is 1.53 bits per heavy atom. The third kappa shape index (κ3) is 4.21. The van der Waals surface area contributed by atoms with E-state index in [1.807, 2.05) is 13.8 Å². The van der Waals surface area contributed by atoms with E-state index in [0.717, 1.165) is 0 Å². The highest BCUT2D eigenvalue weighted by Gasteiger charge is 2.34. The molecule has 0 aliphatic heterocycles. The molecule has 1 rings (SSSR count). The number of aliphatic carboxylic acids is 1. The first-order valence-corrected chi connectivity index (χ1v) is 6.14. The van der Waals surface area contributed by atoms with E-state index < -0.39 is 11.5 Å². The largest absolute Gasteiger partial charge is 0.491 e. The van der Waals surface area contributed by atoms with Crippen LogP contribution >= 0.6 is 0 Å². The van der Waals surface area contributed by atoms with Crippen LogP contribution in [0.5, 0.6) is 5.75 Å². The molecule has 0 fully saturated rings.